The standard InChI is InChI=1S/C20H20F3N3O4/c21-20(22,23)13-3-7-15(8-4-13)26-9-10-30-17(19(26)29)16(27)18(28)25-14-5-1-12(11-24)2-6-14/h1-8,16-17,27H,9-11,24H2,(H,25,28). The number of aliphatic hydroxyl groups is 1. The summed E-state index contributed by atoms with van der Waals surface area (Å²) in [7, 11) is 0. The van der Waals surface area contributed by atoms with Gasteiger partial charge in [0.2, 0.25) is 0 Å². The summed E-state index contributed by atoms with van der Waals surface area (Å²) in [5.74, 6) is -1.56. The van der Waals surface area contributed by atoms with Gasteiger partial charge in [0.1, 0.15) is 0 Å². The minimum Gasteiger partial charge on any atom is -0.380 e. The third-order valence-corrected chi connectivity index (χ3v) is 4.64. The SMILES string of the molecule is NCc1ccc(NC(=O)C(O)C2OCCN(c3ccc(C(F)(F)F)cc3)C2=O)cc1. The van der Waals surface area contributed by atoms with Crippen LogP contribution < -0.4 is 16.0 Å². The Morgan fingerprint density at radius 2 is 1.83 bits per heavy atom. The number of nitrogens with one attached hydrogen (secondary N) is 1. The minimum absolute atomic E-state index is 0.00691. The van der Waals surface area contributed by atoms with Crippen molar-refractivity contribution in [1.29, 1.82) is 0 Å². The van der Waals surface area contributed by atoms with Crippen LogP contribution >= 0.6 is 0 Å². The van der Waals surface area contributed by atoms with E-state index >= 15 is 0 Å². The van der Waals surface area contributed by atoms with Crippen molar-refractivity contribution in [1.82, 2.24) is 0 Å². The Balaban J connectivity index is 1.69. The normalized spacial score (nSPS) is 18.2. The van der Waals surface area contributed by atoms with E-state index in [4.69, 9.17) is 10.5 Å². The zero-order valence-corrected chi connectivity index (χ0v) is 15.7. The first-order chi connectivity index (χ1) is 14.2. The Labute approximate surface area is 170 Å². The van der Waals surface area contributed by atoms with Crippen molar-refractivity contribution in [2.24, 2.45) is 5.73 Å². The summed E-state index contributed by atoms with van der Waals surface area (Å²) in [5, 5.41) is 12.8. The van der Waals surface area contributed by atoms with Crippen LogP contribution in [0.15, 0.2) is 48.5 Å². The molecule has 0 aliphatic carbocycles. The van der Waals surface area contributed by atoms with E-state index in [0.29, 0.717) is 12.2 Å². The van der Waals surface area contributed by atoms with E-state index in [2.05, 4.69) is 5.32 Å². The summed E-state index contributed by atoms with van der Waals surface area (Å²) in [6.07, 6.45) is -7.78. The van der Waals surface area contributed by atoms with Crippen LogP contribution in [-0.2, 0) is 27.0 Å². The van der Waals surface area contributed by atoms with E-state index in [9.17, 15) is 27.9 Å². The summed E-state index contributed by atoms with van der Waals surface area (Å²) < 4.78 is 43.5. The molecule has 0 bridgehead atoms. The lowest BCUT2D eigenvalue weighted by atomic mass is 10.1. The van der Waals surface area contributed by atoms with E-state index in [1.807, 2.05) is 0 Å². The Morgan fingerprint density at radius 1 is 1.20 bits per heavy atom. The number of carbonyl (C=O) groups is 2. The van der Waals surface area contributed by atoms with Crippen molar-refractivity contribution in [2.45, 2.75) is 24.9 Å². The number of benzene rings is 2. The molecule has 2 unspecified atom stereocenters. The van der Waals surface area contributed by atoms with Crippen LogP contribution in [0, 0.1) is 0 Å². The molecule has 2 amide bonds. The van der Waals surface area contributed by atoms with E-state index < -0.39 is 35.8 Å². The molecule has 1 saturated heterocycles. The summed E-state index contributed by atoms with van der Waals surface area (Å²) in [6, 6.07) is 10.7. The Hall–Kier alpha value is -2.95. The van der Waals surface area contributed by atoms with Gasteiger partial charge in [-0.05, 0) is 42.0 Å². The highest BCUT2D eigenvalue weighted by molar-refractivity contribution is 6.03. The molecule has 0 aromatic heterocycles. The van der Waals surface area contributed by atoms with Gasteiger partial charge in [-0.2, -0.15) is 13.2 Å². The van der Waals surface area contributed by atoms with E-state index in [1.54, 1.807) is 24.3 Å². The van der Waals surface area contributed by atoms with Crippen LogP contribution in [0.25, 0.3) is 0 Å². The van der Waals surface area contributed by atoms with Gasteiger partial charge in [-0.15, -0.1) is 0 Å². The van der Waals surface area contributed by atoms with Crippen LogP contribution in [0.5, 0.6) is 0 Å². The van der Waals surface area contributed by atoms with Crippen LogP contribution in [0.3, 0.4) is 0 Å². The summed E-state index contributed by atoms with van der Waals surface area (Å²) in [5.41, 5.74) is 6.14. The molecule has 0 saturated carbocycles. The van der Waals surface area contributed by atoms with Gasteiger partial charge in [-0.25, -0.2) is 0 Å². The maximum absolute atomic E-state index is 12.7. The molecule has 2 aromatic rings. The van der Waals surface area contributed by atoms with Gasteiger partial charge in [-0.3, -0.25) is 9.59 Å². The quantitative estimate of drug-likeness (QED) is 0.681. The zero-order chi connectivity index (χ0) is 21.9. The number of hydrogen-bond donors (Lipinski definition) is 3. The van der Waals surface area contributed by atoms with Crippen LogP contribution in [0.4, 0.5) is 24.5 Å². The molecule has 2 aromatic carbocycles. The molecule has 0 radical (unpaired) electrons. The first-order valence-corrected chi connectivity index (χ1v) is 9.09. The molecular formula is C20H20F3N3O4. The second kappa shape index (κ2) is 8.82. The maximum atomic E-state index is 12.7. The topological polar surface area (TPSA) is 105 Å². The van der Waals surface area contributed by atoms with Gasteiger partial charge in [0.05, 0.1) is 12.2 Å². The number of aliphatic hydroxyl groups excluding tert-OH is 1. The number of amides is 2. The van der Waals surface area contributed by atoms with Gasteiger partial charge in [0.15, 0.2) is 12.2 Å². The molecule has 1 fully saturated rings. The predicted octanol–water partition coefficient (Wildman–Crippen LogP) is 1.90. The molecule has 1 heterocycles. The zero-order valence-electron chi connectivity index (χ0n) is 15.7. The third-order valence-electron chi connectivity index (χ3n) is 4.64. The average Bonchev–Trinajstić information content (AvgIpc) is 2.73. The van der Waals surface area contributed by atoms with Crippen molar-refractivity contribution in [3.8, 4) is 0 Å². The molecular weight excluding hydrogens is 403 g/mol. The minimum atomic E-state index is -4.49. The van der Waals surface area contributed by atoms with E-state index in [-0.39, 0.29) is 18.8 Å². The number of alkyl halides is 3. The number of rotatable bonds is 5. The smallest absolute Gasteiger partial charge is 0.380 e. The molecule has 1 aliphatic heterocycles. The van der Waals surface area contributed by atoms with E-state index in [1.165, 1.54) is 4.90 Å². The van der Waals surface area contributed by atoms with Gasteiger partial charge in [-0.1, -0.05) is 12.1 Å². The third kappa shape index (κ3) is 4.78. The first kappa shape index (κ1) is 21.8. The number of morpholine rings is 1. The molecule has 7 nitrogen and oxygen atoms in total. The molecule has 10 heteroatoms. The molecule has 1 aliphatic rings. The lowest BCUT2D eigenvalue weighted by Gasteiger charge is -2.34. The first-order valence-electron chi connectivity index (χ1n) is 9.09. The second-order valence-electron chi connectivity index (χ2n) is 6.66. The number of carbonyl (C=O) groups excluding carboxylic acids is 2. The van der Waals surface area contributed by atoms with Crippen LogP contribution in [0.1, 0.15) is 11.1 Å². The number of halogens is 3. The largest absolute Gasteiger partial charge is 0.416 e. The van der Waals surface area contributed by atoms with E-state index in [0.717, 1.165) is 29.8 Å². The number of ether oxygens (including phenoxy) is 1. The number of nitrogens with zero attached hydrogens (tertiary/aromatic N) is 1. The maximum Gasteiger partial charge on any atom is 0.416 e. The van der Waals surface area contributed by atoms with Gasteiger partial charge < -0.3 is 25.8 Å². The van der Waals surface area contributed by atoms with Crippen molar-refractivity contribution in [3.05, 3.63) is 59.7 Å². The van der Waals surface area contributed by atoms with Crippen molar-refractivity contribution in [3.63, 3.8) is 0 Å². The number of hydrogen-bond acceptors (Lipinski definition) is 5. The lowest BCUT2D eigenvalue weighted by molar-refractivity contribution is -0.150. The number of nitrogens with two attached hydrogens (primary N) is 1. The monoisotopic (exact) mass is 423 g/mol. The lowest BCUT2D eigenvalue weighted by Crippen LogP contribution is -2.55. The Morgan fingerprint density at radius 3 is 2.40 bits per heavy atom. The van der Waals surface area contributed by atoms with Gasteiger partial charge in [0, 0.05) is 24.5 Å². The molecule has 2 atom stereocenters. The van der Waals surface area contributed by atoms with Crippen LogP contribution in [-0.4, -0.2) is 42.3 Å². The van der Waals surface area contributed by atoms with Crippen molar-refractivity contribution < 1.29 is 32.6 Å². The predicted molar refractivity (Wildman–Crippen MR) is 103 cm³/mol. The number of anilines is 2. The molecule has 30 heavy (non-hydrogen) atoms. The molecule has 160 valence electrons. The summed E-state index contributed by atoms with van der Waals surface area (Å²) >= 11 is 0. The highest BCUT2D eigenvalue weighted by Gasteiger charge is 2.39. The molecule has 0 spiro atoms. The Bertz CT molecular complexity index is 901. The fraction of sp³-hybridized carbons (Fsp3) is 0.300. The summed E-state index contributed by atoms with van der Waals surface area (Å²) in [4.78, 5) is 26.2. The highest BCUT2D eigenvalue weighted by Crippen LogP contribution is 2.31. The molecule has 3 rings (SSSR count). The fourth-order valence-corrected chi connectivity index (χ4v) is 3.00. The van der Waals surface area contributed by atoms with Crippen molar-refractivity contribution in [2.75, 3.05) is 23.4 Å². The summed E-state index contributed by atoms with van der Waals surface area (Å²) in [6.45, 7) is 0.420. The highest BCUT2D eigenvalue weighted by atomic mass is 19.4. The van der Waals surface area contributed by atoms with Crippen LogP contribution in [0.2, 0.25) is 0 Å². The fourth-order valence-electron chi connectivity index (χ4n) is 3.00. The van der Waals surface area contributed by atoms with Gasteiger partial charge >= 0.3 is 6.18 Å². The Kier molecular flexibility index (Phi) is 6.40. The van der Waals surface area contributed by atoms with Gasteiger partial charge in [0.25, 0.3) is 11.8 Å². The average molecular weight is 423 g/mol. The molecule has 4 N–H and O–H groups in total. The second-order valence-corrected chi connectivity index (χ2v) is 6.66. The van der Waals surface area contributed by atoms with Crippen molar-refractivity contribution >= 4 is 23.2 Å².